The molecule has 0 aromatic rings. The minimum atomic E-state index is -0.366. The van der Waals surface area contributed by atoms with Crippen LogP contribution in [-0.4, -0.2) is 27.9 Å². The number of thioether (sulfide) groups is 1. The van der Waals surface area contributed by atoms with Gasteiger partial charge < -0.3 is 11.1 Å². The molecule has 0 saturated carbocycles. The van der Waals surface area contributed by atoms with E-state index in [1.165, 1.54) is 18.6 Å². The molecule has 0 radical (unpaired) electrons. The van der Waals surface area contributed by atoms with Gasteiger partial charge in [-0.3, -0.25) is 4.79 Å². The van der Waals surface area contributed by atoms with Crippen LogP contribution in [0.15, 0.2) is 0 Å². The molecule has 1 amide bonds. The second-order valence-corrected chi connectivity index (χ2v) is 6.40. The van der Waals surface area contributed by atoms with E-state index in [4.69, 9.17) is 18.0 Å². The standard InChI is InChI=1S/C10H18N2OS2/c1-7(8(11)14)9(13)12-6-10(2)4-3-5-15-10/h7H,3-6H2,1-2H3,(H2,11,14)(H,12,13). The molecule has 86 valence electrons. The van der Waals surface area contributed by atoms with Crippen molar-refractivity contribution in [3.05, 3.63) is 0 Å². The van der Waals surface area contributed by atoms with E-state index < -0.39 is 0 Å². The molecule has 3 nitrogen and oxygen atoms in total. The van der Waals surface area contributed by atoms with Crippen LogP contribution < -0.4 is 11.1 Å². The van der Waals surface area contributed by atoms with Crippen LogP contribution in [0, 0.1) is 5.92 Å². The first kappa shape index (κ1) is 12.8. The molecular weight excluding hydrogens is 228 g/mol. The van der Waals surface area contributed by atoms with E-state index >= 15 is 0 Å². The Kier molecular flexibility index (Phi) is 4.40. The maximum Gasteiger partial charge on any atom is 0.229 e. The van der Waals surface area contributed by atoms with E-state index in [0.29, 0.717) is 6.54 Å². The fourth-order valence-corrected chi connectivity index (χ4v) is 2.88. The summed E-state index contributed by atoms with van der Waals surface area (Å²) in [6, 6.07) is 0. The van der Waals surface area contributed by atoms with Crippen molar-refractivity contribution in [2.24, 2.45) is 11.7 Å². The number of carbonyl (C=O) groups is 1. The zero-order valence-corrected chi connectivity index (χ0v) is 10.8. The molecular formula is C10H18N2OS2. The van der Waals surface area contributed by atoms with Crippen molar-refractivity contribution in [1.29, 1.82) is 0 Å². The number of carbonyl (C=O) groups excluding carboxylic acids is 1. The van der Waals surface area contributed by atoms with Crippen molar-refractivity contribution < 1.29 is 4.79 Å². The summed E-state index contributed by atoms with van der Waals surface area (Å²) < 4.78 is 0.200. The van der Waals surface area contributed by atoms with E-state index in [1.807, 2.05) is 11.8 Å². The zero-order chi connectivity index (χ0) is 11.5. The number of amides is 1. The molecule has 0 aliphatic carbocycles. The van der Waals surface area contributed by atoms with Crippen LogP contribution in [0.3, 0.4) is 0 Å². The molecule has 1 saturated heterocycles. The molecule has 5 heteroatoms. The summed E-state index contributed by atoms with van der Waals surface area (Å²) in [6.07, 6.45) is 2.40. The van der Waals surface area contributed by atoms with Gasteiger partial charge in [0.15, 0.2) is 0 Å². The van der Waals surface area contributed by atoms with Crippen molar-refractivity contribution in [3.63, 3.8) is 0 Å². The monoisotopic (exact) mass is 246 g/mol. The van der Waals surface area contributed by atoms with Gasteiger partial charge in [-0.2, -0.15) is 11.8 Å². The van der Waals surface area contributed by atoms with Crippen LogP contribution in [-0.2, 0) is 4.79 Å². The molecule has 1 aliphatic rings. The van der Waals surface area contributed by atoms with Gasteiger partial charge >= 0.3 is 0 Å². The maximum absolute atomic E-state index is 11.6. The number of hydrogen-bond donors (Lipinski definition) is 2. The first-order valence-corrected chi connectivity index (χ1v) is 6.55. The Labute approximate surface area is 101 Å². The maximum atomic E-state index is 11.6. The lowest BCUT2D eigenvalue weighted by molar-refractivity contribution is -0.122. The van der Waals surface area contributed by atoms with Crippen LogP contribution in [0.2, 0.25) is 0 Å². The number of nitrogens with two attached hydrogens (primary N) is 1. The first-order valence-electron chi connectivity index (χ1n) is 5.16. The van der Waals surface area contributed by atoms with E-state index in [0.717, 1.165) is 0 Å². The van der Waals surface area contributed by atoms with Crippen LogP contribution in [0.4, 0.5) is 0 Å². The van der Waals surface area contributed by atoms with Gasteiger partial charge in [-0.05, 0) is 32.4 Å². The van der Waals surface area contributed by atoms with Gasteiger partial charge in [-0.15, -0.1) is 0 Å². The van der Waals surface area contributed by atoms with Gasteiger partial charge in [-0.1, -0.05) is 12.2 Å². The fraction of sp³-hybridized carbons (Fsp3) is 0.800. The van der Waals surface area contributed by atoms with E-state index in [-0.39, 0.29) is 21.6 Å². The molecule has 1 heterocycles. The van der Waals surface area contributed by atoms with Gasteiger partial charge in [0, 0.05) is 11.3 Å². The number of rotatable bonds is 4. The Bertz CT molecular complexity index is 262. The third-order valence-corrected chi connectivity index (χ3v) is 4.65. The summed E-state index contributed by atoms with van der Waals surface area (Å²) in [5, 5.41) is 2.92. The normalized spacial score (nSPS) is 27.3. The molecule has 0 bridgehead atoms. The molecule has 15 heavy (non-hydrogen) atoms. The highest BCUT2D eigenvalue weighted by molar-refractivity contribution is 8.00. The van der Waals surface area contributed by atoms with Gasteiger partial charge in [0.2, 0.25) is 5.91 Å². The summed E-state index contributed by atoms with van der Waals surface area (Å²) in [7, 11) is 0. The van der Waals surface area contributed by atoms with Crippen molar-refractivity contribution in [2.45, 2.75) is 31.4 Å². The Morgan fingerprint density at radius 3 is 2.87 bits per heavy atom. The van der Waals surface area contributed by atoms with Gasteiger partial charge in [0.05, 0.1) is 10.9 Å². The quantitative estimate of drug-likeness (QED) is 0.734. The molecule has 3 N–H and O–H groups in total. The van der Waals surface area contributed by atoms with Crippen molar-refractivity contribution in [1.82, 2.24) is 5.32 Å². The third kappa shape index (κ3) is 3.65. The lowest BCUT2D eigenvalue weighted by atomic mass is 10.1. The lowest BCUT2D eigenvalue weighted by Crippen LogP contribution is -2.42. The SMILES string of the molecule is CC(C(=O)NCC1(C)CCCS1)C(N)=S. The van der Waals surface area contributed by atoms with Gasteiger partial charge in [-0.25, -0.2) is 0 Å². The van der Waals surface area contributed by atoms with Crippen LogP contribution in [0.5, 0.6) is 0 Å². The van der Waals surface area contributed by atoms with Crippen LogP contribution in [0.25, 0.3) is 0 Å². The minimum Gasteiger partial charge on any atom is -0.393 e. The van der Waals surface area contributed by atoms with E-state index in [2.05, 4.69) is 12.2 Å². The summed E-state index contributed by atoms with van der Waals surface area (Å²) in [5.41, 5.74) is 5.42. The smallest absolute Gasteiger partial charge is 0.229 e. The molecule has 0 aromatic heterocycles. The highest BCUT2D eigenvalue weighted by Crippen LogP contribution is 2.36. The molecule has 1 aliphatic heterocycles. The van der Waals surface area contributed by atoms with E-state index in [9.17, 15) is 4.79 Å². The number of hydrogen-bond acceptors (Lipinski definition) is 3. The first-order chi connectivity index (χ1) is 6.94. The Hall–Kier alpha value is -0.290. The Morgan fingerprint density at radius 1 is 1.73 bits per heavy atom. The van der Waals surface area contributed by atoms with Crippen molar-refractivity contribution in [3.8, 4) is 0 Å². The number of thiocarbonyl (C=S) groups is 1. The average Bonchev–Trinajstić information content (AvgIpc) is 2.61. The largest absolute Gasteiger partial charge is 0.393 e. The molecule has 0 spiro atoms. The lowest BCUT2D eigenvalue weighted by Gasteiger charge is -2.23. The number of nitrogens with one attached hydrogen (secondary N) is 1. The average molecular weight is 246 g/mol. The molecule has 1 rings (SSSR count). The molecule has 2 unspecified atom stereocenters. The highest BCUT2D eigenvalue weighted by atomic mass is 32.2. The second kappa shape index (κ2) is 5.16. The molecule has 2 atom stereocenters. The predicted octanol–water partition coefficient (Wildman–Crippen LogP) is 1.31. The predicted molar refractivity (Wildman–Crippen MR) is 69.1 cm³/mol. The summed E-state index contributed by atoms with van der Waals surface area (Å²) in [5.74, 6) is 0.767. The van der Waals surface area contributed by atoms with Gasteiger partial charge in [0.25, 0.3) is 0 Å². The summed E-state index contributed by atoms with van der Waals surface area (Å²) in [6.45, 7) is 4.64. The van der Waals surface area contributed by atoms with E-state index in [1.54, 1.807) is 6.92 Å². The second-order valence-electron chi connectivity index (χ2n) is 4.24. The highest BCUT2D eigenvalue weighted by Gasteiger charge is 2.30. The van der Waals surface area contributed by atoms with Crippen molar-refractivity contribution in [2.75, 3.05) is 12.3 Å². The topological polar surface area (TPSA) is 55.1 Å². The van der Waals surface area contributed by atoms with Gasteiger partial charge in [0.1, 0.15) is 0 Å². The van der Waals surface area contributed by atoms with Crippen LogP contribution >= 0.6 is 24.0 Å². The fourth-order valence-electron chi connectivity index (χ4n) is 1.53. The van der Waals surface area contributed by atoms with Crippen molar-refractivity contribution >= 4 is 34.9 Å². The Balaban J connectivity index is 2.36. The third-order valence-electron chi connectivity index (χ3n) is 2.76. The van der Waals surface area contributed by atoms with Crippen LogP contribution in [0.1, 0.15) is 26.7 Å². The molecule has 0 aromatic carbocycles. The minimum absolute atomic E-state index is 0.0591. The zero-order valence-electron chi connectivity index (χ0n) is 9.21. The summed E-state index contributed by atoms with van der Waals surface area (Å²) >= 11 is 6.71. The summed E-state index contributed by atoms with van der Waals surface area (Å²) in [4.78, 5) is 11.9. The molecule has 1 fully saturated rings. The Morgan fingerprint density at radius 2 is 2.40 bits per heavy atom.